The maximum absolute atomic E-state index is 13.2. The quantitative estimate of drug-likeness (QED) is 0.540. The van der Waals surface area contributed by atoms with Crippen molar-refractivity contribution in [3.05, 3.63) is 52.3 Å². The molecule has 2 N–H and O–H groups in total. The first-order valence-electron chi connectivity index (χ1n) is 9.58. The van der Waals surface area contributed by atoms with E-state index in [9.17, 15) is 9.67 Å². The molecule has 0 saturated carbocycles. The van der Waals surface area contributed by atoms with Crippen molar-refractivity contribution in [1.29, 1.82) is 0 Å². The van der Waals surface area contributed by atoms with Crippen LogP contribution in [-0.2, 0) is 13.6 Å². The summed E-state index contributed by atoms with van der Waals surface area (Å²) in [5, 5.41) is 13.6. The first-order chi connectivity index (χ1) is 13.2. The maximum atomic E-state index is 13.2. The van der Waals surface area contributed by atoms with Crippen LogP contribution >= 0.6 is 7.60 Å². The van der Waals surface area contributed by atoms with Gasteiger partial charge in [-0.15, -0.1) is 0 Å². The molecule has 0 aliphatic heterocycles. The molecule has 0 aliphatic carbocycles. The summed E-state index contributed by atoms with van der Waals surface area (Å²) in [6, 6.07) is 7.38. The number of anilines is 1. The third-order valence-corrected chi connectivity index (χ3v) is 6.64. The van der Waals surface area contributed by atoms with Crippen LogP contribution in [0.3, 0.4) is 0 Å². The smallest absolute Gasteiger partial charge is 0.333 e. The van der Waals surface area contributed by atoms with Gasteiger partial charge in [0.05, 0.1) is 36.8 Å². The second-order valence-corrected chi connectivity index (χ2v) is 9.02. The molecule has 1 unspecified atom stereocenters. The molecular weight excluding hydrogens is 375 g/mol. The fraction of sp³-hybridized carbons (Fsp3) is 0.476. The van der Waals surface area contributed by atoms with E-state index in [1.165, 1.54) is 0 Å². The molecule has 0 saturated heterocycles. The summed E-state index contributed by atoms with van der Waals surface area (Å²) < 4.78 is 24.3. The van der Waals surface area contributed by atoms with Crippen molar-refractivity contribution in [2.75, 3.05) is 24.7 Å². The van der Waals surface area contributed by atoms with Gasteiger partial charge >= 0.3 is 7.60 Å². The largest absolute Gasteiger partial charge is 0.507 e. The maximum Gasteiger partial charge on any atom is 0.333 e. The van der Waals surface area contributed by atoms with Crippen LogP contribution < -0.4 is 5.32 Å². The Balaban J connectivity index is 2.46. The monoisotopic (exact) mass is 406 g/mol. The first kappa shape index (κ1) is 22.4. The Kier molecular flexibility index (Phi) is 7.64. The molecule has 0 amide bonds. The fourth-order valence-corrected chi connectivity index (χ4v) is 5.03. The van der Waals surface area contributed by atoms with Crippen molar-refractivity contribution in [1.82, 2.24) is 4.98 Å². The second kappa shape index (κ2) is 9.55. The number of hydrogen-bond acceptors (Lipinski definition) is 6. The molecule has 7 heteroatoms. The van der Waals surface area contributed by atoms with Crippen LogP contribution in [0, 0.1) is 27.7 Å². The van der Waals surface area contributed by atoms with Gasteiger partial charge in [-0.2, -0.15) is 0 Å². The lowest BCUT2D eigenvalue weighted by molar-refractivity contribution is 0.219. The molecule has 0 aliphatic rings. The summed E-state index contributed by atoms with van der Waals surface area (Å²) in [5.74, 6) is 0.272. The predicted molar refractivity (Wildman–Crippen MR) is 113 cm³/mol. The molecule has 0 bridgehead atoms. The highest BCUT2D eigenvalue weighted by molar-refractivity contribution is 7.53. The number of benzene rings is 1. The van der Waals surface area contributed by atoms with Crippen molar-refractivity contribution in [2.24, 2.45) is 0 Å². The molecule has 1 aromatic carbocycles. The van der Waals surface area contributed by atoms with E-state index in [0.29, 0.717) is 13.2 Å². The van der Waals surface area contributed by atoms with E-state index >= 15 is 0 Å². The lowest BCUT2D eigenvalue weighted by Crippen LogP contribution is -2.18. The van der Waals surface area contributed by atoms with Crippen LogP contribution in [0.1, 0.15) is 48.0 Å². The summed E-state index contributed by atoms with van der Waals surface area (Å²) in [5.41, 5.74) is 5.10. The number of nitrogens with one attached hydrogen (secondary N) is 1. The molecule has 6 nitrogen and oxygen atoms in total. The minimum absolute atomic E-state index is 0.172. The van der Waals surface area contributed by atoms with Gasteiger partial charge < -0.3 is 19.5 Å². The van der Waals surface area contributed by atoms with E-state index in [2.05, 4.69) is 10.3 Å². The average molecular weight is 406 g/mol. The molecule has 0 fully saturated rings. The first-order valence-corrected chi connectivity index (χ1v) is 11.3. The Bertz CT molecular complexity index is 836. The van der Waals surface area contributed by atoms with Crippen molar-refractivity contribution in [3.8, 4) is 5.75 Å². The van der Waals surface area contributed by atoms with Gasteiger partial charge in [-0.25, -0.2) is 0 Å². The molecule has 1 aromatic heterocycles. The minimum atomic E-state index is -3.29. The third kappa shape index (κ3) is 5.57. The Morgan fingerprint density at radius 2 is 1.64 bits per heavy atom. The molecule has 28 heavy (non-hydrogen) atoms. The van der Waals surface area contributed by atoms with Crippen molar-refractivity contribution < 1.29 is 18.7 Å². The number of aromatic nitrogens is 1. The van der Waals surface area contributed by atoms with E-state index in [0.717, 1.165) is 33.8 Å². The number of nitrogens with zero attached hydrogens (tertiary/aromatic N) is 1. The highest BCUT2D eigenvalue weighted by atomic mass is 31.2. The van der Waals surface area contributed by atoms with Crippen molar-refractivity contribution in [2.45, 2.75) is 47.6 Å². The lowest BCUT2D eigenvalue weighted by Gasteiger charge is -2.26. The minimum Gasteiger partial charge on any atom is -0.507 e. The van der Waals surface area contributed by atoms with Gasteiger partial charge in [0, 0.05) is 5.69 Å². The SMILES string of the molecule is CCOP(=O)(CC(Nc1ccc(C)nc1C)c1cc(C)c(O)c(C)c1)OCC. The van der Waals surface area contributed by atoms with E-state index in [-0.39, 0.29) is 18.0 Å². The molecule has 1 heterocycles. The highest BCUT2D eigenvalue weighted by Crippen LogP contribution is 2.51. The summed E-state index contributed by atoms with van der Waals surface area (Å²) in [6.45, 7) is 11.8. The summed E-state index contributed by atoms with van der Waals surface area (Å²) in [4.78, 5) is 4.50. The molecule has 154 valence electrons. The van der Waals surface area contributed by atoms with E-state index < -0.39 is 7.60 Å². The van der Waals surface area contributed by atoms with Crippen LogP contribution in [0.25, 0.3) is 0 Å². The summed E-state index contributed by atoms with van der Waals surface area (Å²) in [6.07, 6.45) is 0.172. The number of phenols is 1. The predicted octanol–water partition coefficient (Wildman–Crippen LogP) is 5.44. The number of hydrogen-bond donors (Lipinski definition) is 2. The zero-order chi connectivity index (χ0) is 20.9. The normalized spacial score (nSPS) is 12.8. The van der Waals surface area contributed by atoms with Crippen LogP contribution in [-0.4, -0.2) is 29.5 Å². The zero-order valence-electron chi connectivity index (χ0n) is 17.6. The van der Waals surface area contributed by atoms with Gasteiger partial charge in [0.2, 0.25) is 0 Å². The molecule has 1 atom stereocenters. The van der Waals surface area contributed by atoms with Gasteiger partial charge in [-0.05, 0) is 70.4 Å². The van der Waals surface area contributed by atoms with Crippen molar-refractivity contribution >= 4 is 13.3 Å². The van der Waals surface area contributed by atoms with Gasteiger partial charge in [-0.1, -0.05) is 12.1 Å². The number of rotatable bonds is 9. The van der Waals surface area contributed by atoms with Crippen LogP contribution in [0.4, 0.5) is 5.69 Å². The average Bonchev–Trinajstić information content (AvgIpc) is 2.61. The number of phenolic OH excluding ortho intramolecular Hbond substituents is 1. The Morgan fingerprint density at radius 3 is 2.14 bits per heavy atom. The number of aromatic hydroxyl groups is 1. The second-order valence-electron chi connectivity index (χ2n) is 6.91. The topological polar surface area (TPSA) is 80.7 Å². The third-order valence-electron chi connectivity index (χ3n) is 4.53. The Hall–Kier alpha value is -1.88. The highest BCUT2D eigenvalue weighted by Gasteiger charge is 2.30. The van der Waals surface area contributed by atoms with Crippen LogP contribution in [0.2, 0.25) is 0 Å². The number of aryl methyl sites for hydroxylation is 4. The van der Waals surface area contributed by atoms with E-state index in [1.807, 2.05) is 52.0 Å². The fourth-order valence-electron chi connectivity index (χ4n) is 3.21. The van der Waals surface area contributed by atoms with Gasteiger partial charge in [-0.3, -0.25) is 9.55 Å². The molecule has 0 radical (unpaired) electrons. The van der Waals surface area contributed by atoms with Gasteiger partial charge in [0.1, 0.15) is 5.75 Å². The zero-order valence-corrected chi connectivity index (χ0v) is 18.5. The van der Waals surface area contributed by atoms with Gasteiger partial charge in [0.15, 0.2) is 0 Å². The molecular formula is C21H31N2O4P. The van der Waals surface area contributed by atoms with Crippen LogP contribution in [0.15, 0.2) is 24.3 Å². The van der Waals surface area contributed by atoms with E-state index in [1.54, 1.807) is 13.8 Å². The van der Waals surface area contributed by atoms with Gasteiger partial charge in [0.25, 0.3) is 0 Å². The Morgan fingerprint density at radius 1 is 1.07 bits per heavy atom. The molecule has 2 aromatic rings. The molecule has 0 spiro atoms. The van der Waals surface area contributed by atoms with E-state index in [4.69, 9.17) is 9.05 Å². The summed E-state index contributed by atoms with van der Waals surface area (Å²) in [7, 11) is -3.29. The molecule has 2 rings (SSSR count). The standard InChI is InChI=1S/C21H31N2O4P/c1-7-26-28(25,27-8-2)13-20(18-11-14(3)21(24)15(4)12-18)23-19-10-9-16(5)22-17(19)6/h9-12,20,23-24H,7-8,13H2,1-6H3. The summed E-state index contributed by atoms with van der Waals surface area (Å²) >= 11 is 0. The van der Waals surface area contributed by atoms with Crippen molar-refractivity contribution in [3.63, 3.8) is 0 Å². The Labute approximate surface area is 167 Å². The lowest BCUT2D eigenvalue weighted by atomic mass is 10.0. The number of pyridine rings is 1. The van der Waals surface area contributed by atoms with Crippen LogP contribution in [0.5, 0.6) is 5.75 Å².